The fraction of sp³-hybridized carbons (Fsp3) is 0.312. The number of hydrogen-bond acceptors (Lipinski definition) is 4. The minimum atomic E-state index is -0.445. The summed E-state index contributed by atoms with van der Waals surface area (Å²) in [6, 6.07) is 13.3. The fourth-order valence-electron chi connectivity index (χ4n) is 1.84. The molecule has 4 nitrogen and oxygen atoms in total. The van der Waals surface area contributed by atoms with E-state index in [-0.39, 0.29) is 0 Å². The molecular formula is C16H20N2O2. The topological polar surface area (TPSA) is 45.6 Å². The molecule has 0 spiro atoms. The SMILES string of the molecule is CC(O)c1ccc(OCCN(C)c2ccccn2)cc1. The zero-order valence-corrected chi connectivity index (χ0v) is 11.9. The molecule has 1 heterocycles. The number of aliphatic hydroxyl groups is 1. The van der Waals surface area contributed by atoms with Crippen molar-refractivity contribution in [2.75, 3.05) is 25.1 Å². The van der Waals surface area contributed by atoms with Crippen molar-refractivity contribution in [3.63, 3.8) is 0 Å². The summed E-state index contributed by atoms with van der Waals surface area (Å²) in [5.74, 6) is 1.74. The Morgan fingerprint density at radius 3 is 2.55 bits per heavy atom. The lowest BCUT2D eigenvalue weighted by atomic mass is 10.1. The van der Waals surface area contributed by atoms with Gasteiger partial charge < -0.3 is 14.7 Å². The van der Waals surface area contributed by atoms with E-state index in [2.05, 4.69) is 4.98 Å². The molecule has 1 aromatic heterocycles. The summed E-state index contributed by atoms with van der Waals surface area (Å²) in [5, 5.41) is 9.44. The number of aromatic nitrogens is 1. The molecule has 0 aliphatic carbocycles. The third-order valence-electron chi connectivity index (χ3n) is 3.10. The fourth-order valence-corrected chi connectivity index (χ4v) is 1.84. The van der Waals surface area contributed by atoms with E-state index in [1.165, 1.54) is 0 Å². The van der Waals surface area contributed by atoms with E-state index in [9.17, 15) is 5.11 Å². The highest BCUT2D eigenvalue weighted by molar-refractivity contribution is 5.36. The quantitative estimate of drug-likeness (QED) is 0.878. The van der Waals surface area contributed by atoms with Gasteiger partial charge in [-0.2, -0.15) is 0 Å². The van der Waals surface area contributed by atoms with Crippen LogP contribution in [0.1, 0.15) is 18.6 Å². The van der Waals surface area contributed by atoms with Gasteiger partial charge in [0.25, 0.3) is 0 Å². The van der Waals surface area contributed by atoms with Crippen molar-refractivity contribution in [1.82, 2.24) is 4.98 Å². The van der Waals surface area contributed by atoms with Gasteiger partial charge in [-0.15, -0.1) is 0 Å². The Balaban J connectivity index is 1.81. The van der Waals surface area contributed by atoms with Crippen LogP contribution >= 0.6 is 0 Å². The molecule has 1 unspecified atom stereocenters. The first kappa shape index (κ1) is 14.3. The molecule has 0 radical (unpaired) electrons. The van der Waals surface area contributed by atoms with Gasteiger partial charge in [0.15, 0.2) is 0 Å². The summed E-state index contributed by atoms with van der Waals surface area (Å²) >= 11 is 0. The van der Waals surface area contributed by atoms with Crippen LogP contribution in [0, 0.1) is 0 Å². The largest absolute Gasteiger partial charge is 0.492 e. The maximum Gasteiger partial charge on any atom is 0.128 e. The Bertz CT molecular complexity index is 512. The number of rotatable bonds is 6. The van der Waals surface area contributed by atoms with Gasteiger partial charge in [-0.05, 0) is 36.8 Å². The molecule has 0 aliphatic rings. The van der Waals surface area contributed by atoms with Crippen molar-refractivity contribution < 1.29 is 9.84 Å². The summed E-state index contributed by atoms with van der Waals surface area (Å²) in [6.07, 6.45) is 1.33. The summed E-state index contributed by atoms with van der Waals surface area (Å²) in [6.45, 7) is 3.09. The predicted molar refractivity (Wildman–Crippen MR) is 80.1 cm³/mol. The van der Waals surface area contributed by atoms with Gasteiger partial charge in [0.05, 0.1) is 12.6 Å². The van der Waals surface area contributed by atoms with Gasteiger partial charge in [0.2, 0.25) is 0 Å². The van der Waals surface area contributed by atoms with E-state index in [1.807, 2.05) is 54.4 Å². The number of anilines is 1. The van der Waals surface area contributed by atoms with Gasteiger partial charge in [-0.25, -0.2) is 4.98 Å². The van der Waals surface area contributed by atoms with Gasteiger partial charge in [-0.3, -0.25) is 0 Å². The summed E-state index contributed by atoms with van der Waals surface area (Å²) in [7, 11) is 1.99. The Morgan fingerprint density at radius 2 is 1.95 bits per heavy atom. The molecule has 0 amide bonds. The van der Waals surface area contributed by atoms with Crippen molar-refractivity contribution in [2.45, 2.75) is 13.0 Å². The maximum absolute atomic E-state index is 9.44. The Labute approximate surface area is 119 Å². The monoisotopic (exact) mass is 272 g/mol. The molecule has 0 bridgehead atoms. The lowest BCUT2D eigenvalue weighted by molar-refractivity contribution is 0.199. The van der Waals surface area contributed by atoms with Crippen LogP contribution in [-0.4, -0.2) is 30.3 Å². The number of likely N-dealkylation sites (N-methyl/N-ethyl adjacent to an activating group) is 1. The molecule has 106 valence electrons. The van der Waals surface area contributed by atoms with Crippen LogP contribution in [-0.2, 0) is 0 Å². The number of benzene rings is 1. The third kappa shape index (κ3) is 3.96. The molecule has 0 fully saturated rings. The summed E-state index contributed by atoms with van der Waals surface area (Å²) < 4.78 is 5.68. The van der Waals surface area contributed by atoms with Crippen LogP contribution < -0.4 is 9.64 Å². The Kier molecular flexibility index (Phi) is 4.96. The molecule has 0 saturated carbocycles. The van der Waals surface area contributed by atoms with E-state index < -0.39 is 6.10 Å². The van der Waals surface area contributed by atoms with Crippen molar-refractivity contribution >= 4 is 5.82 Å². The van der Waals surface area contributed by atoms with Crippen LogP contribution in [0.2, 0.25) is 0 Å². The molecule has 1 aromatic carbocycles. The van der Waals surface area contributed by atoms with E-state index >= 15 is 0 Å². The van der Waals surface area contributed by atoms with Gasteiger partial charge >= 0.3 is 0 Å². The second kappa shape index (κ2) is 6.91. The average molecular weight is 272 g/mol. The average Bonchev–Trinajstić information content (AvgIpc) is 2.48. The van der Waals surface area contributed by atoms with Gasteiger partial charge in [-0.1, -0.05) is 18.2 Å². The van der Waals surface area contributed by atoms with Crippen LogP contribution in [0.15, 0.2) is 48.7 Å². The second-order valence-electron chi connectivity index (χ2n) is 4.70. The Morgan fingerprint density at radius 1 is 1.20 bits per heavy atom. The minimum Gasteiger partial charge on any atom is -0.492 e. The molecule has 0 aliphatic heterocycles. The molecule has 20 heavy (non-hydrogen) atoms. The highest BCUT2D eigenvalue weighted by atomic mass is 16.5. The lowest BCUT2D eigenvalue weighted by Gasteiger charge is -2.18. The number of ether oxygens (including phenoxy) is 1. The van der Waals surface area contributed by atoms with E-state index in [0.717, 1.165) is 23.7 Å². The number of pyridine rings is 1. The molecule has 2 rings (SSSR count). The predicted octanol–water partition coefficient (Wildman–Crippen LogP) is 2.65. The van der Waals surface area contributed by atoms with Crippen molar-refractivity contribution in [2.24, 2.45) is 0 Å². The zero-order valence-electron chi connectivity index (χ0n) is 11.9. The Hall–Kier alpha value is -2.07. The van der Waals surface area contributed by atoms with E-state index in [1.54, 1.807) is 13.1 Å². The van der Waals surface area contributed by atoms with Crippen LogP contribution in [0.5, 0.6) is 5.75 Å². The second-order valence-corrected chi connectivity index (χ2v) is 4.70. The maximum atomic E-state index is 9.44. The lowest BCUT2D eigenvalue weighted by Crippen LogP contribution is -2.24. The molecular weight excluding hydrogens is 252 g/mol. The molecule has 1 atom stereocenters. The van der Waals surface area contributed by atoms with Crippen molar-refractivity contribution in [3.05, 3.63) is 54.2 Å². The number of nitrogens with zero attached hydrogens (tertiary/aromatic N) is 2. The van der Waals surface area contributed by atoms with Crippen molar-refractivity contribution in [3.8, 4) is 5.75 Å². The third-order valence-corrected chi connectivity index (χ3v) is 3.10. The molecule has 4 heteroatoms. The minimum absolute atomic E-state index is 0.445. The van der Waals surface area contributed by atoms with Crippen LogP contribution in [0.3, 0.4) is 0 Å². The normalized spacial score (nSPS) is 11.9. The first-order valence-electron chi connectivity index (χ1n) is 6.70. The summed E-state index contributed by atoms with van der Waals surface area (Å²) in [4.78, 5) is 6.32. The smallest absolute Gasteiger partial charge is 0.128 e. The molecule has 2 aromatic rings. The zero-order chi connectivity index (χ0) is 14.4. The van der Waals surface area contributed by atoms with Gasteiger partial charge in [0.1, 0.15) is 18.2 Å². The highest BCUT2D eigenvalue weighted by Crippen LogP contribution is 2.17. The van der Waals surface area contributed by atoms with Gasteiger partial charge in [0, 0.05) is 13.2 Å². The van der Waals surface area contributed by atoms with Crippen LogP contribution in [0.4, 0.5) is 5.82 Å². The first-order chi connectivity index (χ1) is 9.66. The van der Waals surface area contributed by atoms with E-state index in [4.69, 9.17) is 4.74 Å². The van der Waals surface area contributed by atoms with E-state index in [0.29, 0.717) is 6.61 Å². The first-order valence-corrected chi connectivity index (χ1v) is 6.70. The number of aliphatic hydroxyl groups excluding tert-OH is 1. The van der Waals surface area contributed by atoms with Crippen LogP contribution in [0.25, 0.3) is 0 Å². The number of hydrogen-bond donors (Lipinski definition) is 1. The summed E-state index contributed by atoms with van der Waals surface area (Å²) in [5.41, 5.74) is 0.892. The standard InChI is InChI=1S/C16H20N2O2/c1-13(19)14-6-8-15(9-7-14)20-12-11-18(2)16-5-3-4-10-17-16/h3-10,13,19H,11-12H2,1-2H3. The highest BCUT2D eigenvalue weighted by Gasteiger charge is 2.03. The molecule has 0 saturated heterocycles. The van der Waals surface area contributed by atoms with Crippen molar-refractivity contribution in [1.29, 1.82) is 0 Å². The molecule has 1 N–H and O–H groups in total.